The van der Waals surface area contributed by atoms with Gasteiger partial charge in [0.2, 0.25) is 5.91 Å². The van der Waals surface area contributed by atoms with Gasteiger partial charge in [-0.1, -0.05) is 23.7 Å². The molecule has 9 heteroatoms. The zero-order valence-electron chi connectivity index (χ0n) is 19.5. The maximum absolute atomic E-state index is 13.6. The molecule has 2 amide bonds. The number of amides is 2. The second-order valence-corrected chi connectivity index (χ2v) is 9.29. The van der Waals surface area contributed by atoms with Crippen molar-refractivity contribution in [1.29, 1.82) is 0 Å². The Hall–Kier alpha value is -3.23. The number of nitrogens with one attached hydrogen (secondary N) is 1. The molecule has 4 rings (SSSR count). The van der Waals surface area contributed by atoms with E-state index < -0.39 is 6.04 Å². The molecule has 1 N–H and O–H groups in total. The van der Waals surface area contributed by atoms with E-state index in [0.717, 1.165) is 28.2 Å². The fraction of sp³-hybridized carbons (Fsp3) is 0.280. The van der Waals surface area contributed by atoms with Gasteiger partial charge in [-0.15, -0.1) is 0 Å². The first-order valence-corrected chi connectivity index (χ1v) is 11.7. The van der Waals surface area contributed by atoms with Gasteiger partial charge in [-0.05, 0) is 75.0 Å². The number of anilines is 2. The molecule has 1 aromatic heterocycles. The second-order valence-electron chi connectivity index (χ2n) is 8.46. The van der Waals surface area contributed by atoms with Gasteiger partial charge in [-0.2, -0.15) is 5.10 Å². The Labute approximate surface area is 209 Å². The number of benzene rings is 2. The molecule has 2 heterocycles. The van der Waals surface area contributed by atoms with E-state index in [-0.39, 0.29) is 18.2 Å². The number of carbonyl (C=O) groups is 2. The maximum Gasteiger partial charge on any atom is 0.257 e. The lowest BCUT2D eigenvalue weighted by molar-refractivity contribution is -0.122. The summed E-state index contributed by atoms with van der Waals surface area (Å²) >= 11 is 11.8. The number of aryl methyl sites for hydroxylation is 3. The fourth-order valence-electron chi connectivity index (χ4n) is 4.17. The smallest absolute Gasteiger partial charge is 0.257 e. The largest absolute Gasteiger partial charge is 0.333 e. The molecule has 0 saturated carbocycles. The third-order valence-corrected chi connectivity index (χ3v) is 6.69. The summed E-state index contributed by atoms with van der Waals surface area (Å²) in [6.45, 7) is 6.18. The second kappa shape index (κ2) is 9.56. The van der Waals surface area contributed by atoms with Crippen LogP contribution < -0.4 is 10.2 Å². The van der Waals surface area contributed by atoms with Crippen LogP contribution in [0, 0.1) is 20.8 Å². The minimum atomic E-state index is -0.737. The SMILES string of the molecule is Cc1cccc(N2C(=O)C[C@@H](N(Cc3c(C)nn(C)c3C)C(=S)Nc3ccc(Cl)cc3)C2=O)c1. The van der Waals surface area contributed by atoms with E-state index in [9.17, 15) is 9.59 Å². The number of carbonyl (C=O) groups excluding carboxylic acids is 2. The van der Waals surface area contributed by atoms with Gasteiger partial charge < -0.3 is 10.2 Å². The molecule has 0 spiro atoms. The number of hydrogen-bond acceptors (Lipinski definition) is 4. The fourth-order valence-corrected chi connectivity index (χ4v) is 4.60. The number of halogens is 1. The summed E-state index contributed by atoms with van der Waals surface area (Å²) in [7, 11) is 1.88. The van der Waals surface area contributed by atoms with Crippen molar-refractivity contribution in [2.75, 3.05) is 10.2 Å². The van der Waals surface area contributed by atoms with Crippen LogP contribution in [-0.2, 0) is 23.2 Å². The Bertz CT molecular complexity index is 1270. The number of nitrogens with zero attached hydrogens (tertiary/aromatic N) is 4. The number of imide groups is 1. The highest BCUT2D eigenvalue weighted by atomic mass is 35.5. The van der Waals surface area contributed by atoms with Crippen molar-refractivity contribution in [1.82, 2.24) is 14.7 Å². The predicted octanol–water partition coefficient (Wildman–Crippen LogP) is 4.53. The van der Waals surface area contributed by atoms with Crippen molar-refractivity contribution in [3.05, 3.63) is 76.1 Å². The van der Waals surface area contributed by atoms with Gasteiger partial charge in [0.15, 0.2) is 5.11 Å². The first kappa shape index (κ1) is 23.9. The minimum Gasteiger partial charge on any atom is -0.333 e. The van der Waals surface area contributed by atoms with Gasteiger partial charge in [-0.3, -0.25) is 14.3 Å². The monoisotopic (exact) mass is 495 g/mol. The van der Waals surface area contributed by atoms with E-state index in [1.165, 1.54) is 4.90 Å². The zero-order valence-corrected chi connectivity index (χ0v) is 21.1. The lowest BCUT2D eigenvalue weighted by atomic mass is 10.1. The maximum atomic E-state index is 13.6. The Morgan fingerprint density at radius 2 is 1.88 bits per heavy atom. The zero-order chi connectivity index (χ0) is 24.6. The molecule has 0 aliphatic carbocycles. The molecule has 34 heavy (non-hydrogen) atoms. The third-order valence-electron chi connectivity index (χ3n) is 6.10. The Morgan fingerprint density at radius 3 is 2.50 bits per heavy atom. The molecular weight excluding hydrogens is 470 g/mol. The third kappa shape index (κ3) is 4.69. The standard InChI is InChI=1S/C25H26ClN5O2S/c1-15-6-5-7-20(12-15)31-23(32)13-22(24(31)33)30(14-21-16(2)28-29(4)17(21)3)25(34)27-19-10-8-18(26)9-11-19/h5-12,22H,13-14H2,1-4H3,(H,27,34)/t22-/m1/s1. The van der Waals surface area contributed by atoms with Crippen molar-refractivity contribution in [2.45, 2.75) is 39.8 Å². The van der Waals surface area contributed by atoms with Crippen molar-refractivity contribution >= 4 is 52.1 Å². The average molecular weight is 496 g/mol. The molecule has 1 saturated heterocycles. The first-order chi connectivity index (χ1) is 16.2. The predicted molar refractivity (Wildman–Crippen MR) is 138 cm³/mol. The minimum absolute atomic E-state index is 0.0353. The molecule has 1 aliphatic rings. The van der Waals surface area contributed by atoms with E-state index in [1.54, 1.807) is 27.8 Å². The van der Waals surface area contributed by atoms with E-state index in [4.69, 9.17) is 23.8 Å². The van der Waals surface area contributed by atoms with Crippen LogP contribution in [0.4, 0.5) is 11.4 Å². The summed E-state index contributed by atoms with van der Waals surface area (Å²) in [4.78, 5) is 29.6. The number of thiocarbonyl (C=S) groups is 1. The molecule has 0 bridgehead atoms. The van der Waals surface area contributed by atoms with Gasteiger partial charge in [-0.25, -0.2) is 4.90 Å². The molecule has 0 radical (unpaired) electrons. The molecule has 1 atom stereocenters. The number of rotatable bonds is 5. The van der Waals surface area contributed by atoms with E-state index in [0.29, 0.717) is 22.4 Å². The topological polar surface area (TPSA) is 70.5 Å². The normalized spacial score (nSPS) is 15.7. The van der Waals surface area contributed by atoms with Crippen LogP contribution in [0.15, 0.2) is 48.5 Å². The van der Waals surface area contributed by atoms with Crippen LogP contribution in [0.5, 0.6) is 0 Å². The van der Waals surface area contributed by atoms with Crippen LogP contribution in [0.1, 0.15) is 28.9 Å². The van der Waals surface area contributed by atoms with Crippen molar-refractivity contribution in [3.8, 4) is 0 Å². The van der Waals surface area contributed by atoms with Gasteiger partial charge in [0.25, 0.3) is 5.91 Å². The summed E-state index contributed by atoms with van der Waals surface area (Å²) in [5.74, 6) is -0.547. The molecule has 176 valence electrons. The number of aromatic nitrogens is 2. The van der Waals surface area contributed by atoms with Crippen LogP contribution >= 0.6 is 23.8 Å². The van der Waals surface area contributed by atoms with Gasteiger partial charge in [0.05, 0.1) is 17.8 Å². The molecule has 2 aromatic carbocycles. The molecule has 1 aliphatic heterocycles. The first-order valence-electron chi connectivity index (χ1n) is 10.9. The van der Waals surface area contributed by atoms with Gasteiger partial charge in [0, 0.05) is 35.6 Å². The number of hydrogen-bond donors (Lipinski definition) is 1. The Balaban J connectivity index is 1.68. The molecule has 7 nitrogen and oxygen atoms in total. The molecule has 1 fully saturated rings. The summed E-state index contributed by atoms with van der Waals surface area (Å²) in [6.07, 6.45) is 0.0353. The Morgan fingerprint density at radius 1 is 1.18 bits per heavy atom. The van der Waals surface area contributed by atoms with Crippen molar-refractivity contribution in [3.63, 3.8) is 0 Å². The lowest BCUT2D eigenvalue weighted by Crippen LogP contribution is -2.46. The van der Waals surface area contributed by atoms with Crippen LogP contribution in [0.3, 0.4) is 0 Å². The lowest BCUT2D eigenvalue weighted by Gasteiger charge is -2.30. The quantitative estimate of drug-likeness (QED) is 0.414. The molecule has 0 unspecified atom stereocenters. The van der Waals surface area contributed by atoms with Crippen molar-refractivity contribution in [2.24, 2.45) is 7.05 Å². The summed E-state index contributed by atoms with van der Waals surface area (Å²) in [5, 5.41) is 8.66. The summed E-state index contributed by atoms with van der Waals surface area (Å²) in [6, 6.07) is 13.8. The van der Waals surface area contributed by atoms with Gasteiger partial charge in [0.1, 0.15) is 6.04 Å². The average Bonchev–Trinajstić information content (AvgIpc) is 3.21. The highest BCUT2D eigenvalue weighted by Crippen LogP contribution is 2.29. The van der Waals surface area contributed by atoms with E-state index >= 15 is 0 Å². The van der Waals surface area contributed by atoms with Crippen LogP contribution in [-0.4, -0.2) is 37.6 Å². The molecular formula is C25H26ClN5O2S. The van der Waals surface area contributed by atoms with Gasteiger partial charge >= 0.3 is 0 Å². The molecule has 3 aromatic rings. The highest BCUT2D eigenvalue weighted by molar-refractivity contribution is 7.80. The van der Waals surface area contributed by atoms with Crippen LogP contribution in [0.2, 0.25) is 5.02 Å². The van der Waals surface area contributed by atoms with Crippen LogP contribution in [0.25, 0.3) is 0 Å². The van der Waals surface area contributed by atoms with Crippen molar-refractivity contribution < 1.29 is 9.59 Å². The van der Waals surface area contributed by atoms with E-state index in [1.807, 2.05) is 58.2 Å². The van der Waals surface area contributed by atoms with E-state index in [2.05, 4.69) is 10.4 Å². The Kier molecular flexibility index (Phi) is 6.72. The summed E-state index contributed by atoms with van der Waals surface area (Å²) in [5.41, 5.74) is 5.08. The highest BCUT2D eigenvalue weighted by Gasteiger charge is 2.44. The summed E-state index contributed by atoms with van der Waals surface area (Å²) < 4.78 is 1.80.